The van der Waals surface area contributed by atoms with Crippen LogP contribution < -0.4 is 4.74 Å². The van der Waals surface area contributed by atoms with Gasteiger partial charge in [-0.1, -0.05) is 12.1 Å². The van der Waals surface area contributed by atoms with Gasteiger partial charge >= 0.3 is 0 Å². The highest BCUT2D eigenvalue weighted by Crippen LogP contribution is 2.20. The number of aliphatic hydroxyl groups excluding tert-OH is 1. The molecule has 0 bridgehead atoms. The fourth-order valence-electron chi connectivity index (χ4n) is 1.79. The predicted octanol–water partition coefficient (Wildman–Crippen LogP) is 1.77. The lowest BCUT2D eigenvalue weighted by Crippen LogP contribution is -2.25. The minimum Gasteiger partial charge on any atom is -0.465 e. The van der Waals surface area contributed by atoms with E-state index in [0.29, 0.717) is 11.3 Å². The Morgan fingerprint density at radius 2 is 2.35 bits per heavy atom. The van der Waals surface area contributed by atoms with Crippen molar-refractivity contribution >= 4 is 5.78 Å². The molecular weight excluding hydrogens is 220 g/mol. The van der Waals surface area contributed by atoms with Gasteiger partial charge in [-0.15, -0.1) is 0 Å². The zero-order chi connectivity index (χ0) is 12.1. The Hall–Kier alpha value is -1.39. The van der Waals surface area contributed by atoms with E-state index in [0.717, 1.165) is 25.9 Å². The normalized spacial score (nSPS) is 19.9. The highest BCUT2D eigenvalue weighted by atomic mass is 16.7. The van der Waals surface area contributed by atoms with Crippen LogP contribution in [0.1, 0.15) is 29.6 Å². The van der Waals surface area contributed by atoms with Crippen molar-refractivity contribution in [2.75, 3.05) is 13.2 Å². The Labute approximate surface area is 100 Å². The summed E-state index contributed by atoms with van der Waals surface area (Å²) in [7, 11) is 0. The fraction of sp³-hybridized carbons (Fsp3) is 0.462. The summed E-state index contributed by atoms with van der Waals surface area (Å²) in [5, 5.41) is 8.79. The summed E-state index contributed by atoms with van der Waals surface area (Å²) in [6.45, 7) is 0.239. The van der Waals surface area contributed by atoms with Crippen LogP contribution in [0.2, 0.25) is 0 Å². The van der Waals surface area contributed by atoms with Crippen LogP contribution in [0.4, 0.5) is 0 Å². The van der Waals surface area contributed by atoms with Crippen molar-refractivity contribution in [3.8, 4) is 5.75 Å². The molecule has 0 amide bonds. The molecule has 1 N–H and O–H groups in total. The summed E-state index contributed by atoms with van der Waals surface area (Å²) in [4.78, 5) is 11.3. The molecule has 1 aromatic carbocycles. The molecule has 4 heteroatoms. The summed E-state index contributed by atoms with van der Waals surface area (Å²) in [6.07, 6.45) is 2.82. The molecule has 4 nitrogen and oxygen atoms in total. The number of hydrogen-bond acceptors (Lipinski definition) is 4. The standard InChI is InChI=1S/C13H16O4/c14-9-12(15)10-4-3-5-11(8-10)17-13-6-1-2-7-16-13/h3-5,8,13-14H,1-2,6-7,9H2. The van der Waals surface area contributed by atoms with Crippen LogP contribution in [0.15, 0.2) is 24.3 Å². The number of carbonyl (C=O) groups excluding carboxylic acids is 1. The maximum atomic E-state index is 11.3. The van der Waals surface area contributed by atoms with Crippen LogP contribution >= 0.6 is 0 Å². The highest BCUT2D eigenvalue weighted by molar-refractivity contribution is 5.97. The largest absolute Gasteiger partial charge is 0.465 e. The molecule has 0 saturated carbocycles. The van der Waals surface area contributed by atoms with Crippen LogP contribution in [-0.2, 0) is 4.74 Å². The van der Waals surface area contributed by atoms with Crippen molar-refractivity contribution in [3.05, 3.63) is 29.8 Å². The van der Waals surface area contributed by atoms with Gasteiger partial charge in [-0.2, -0.15) is 0 Å². The second-order valence-corrected chi connectivity index (χ2v) is 4.02. The molecule has 0 aliphatic carbocycles. The zero-order valence-corrected chi connectivity index (χ0v) is 9.59. The summed E-state index contributed by atoms with van der Waals surface area (Å²) < 4.78 is 11.1. The Morgan fingerprint density at radius 1 is 1.47 bits per heavy atom. The number of rotatable bonds is 4. The SMILES string of the molecule is O=C(CO)c1cccc(OC2CCCCO2)c1. The molecule has 0 radical (unpaired) electrons. The molecular formula is C13H16O4. The first-order valence-corrected chi connectivity index (χ1v) is 5.82. The minimum absolute atomic E-state index is 0.219. The van der Waals surface area contributed by atoms with Crippen molar-refractivity contribution in [1.29, 1.82) is 0 Å². The third kappa shape index (κ3) is 3.28. The Balaban J connectivity index is 2.02. The molecule has 1 heterocycles. The number of Topliss-reactive ketones (excluding diaryl/α,β-unsaturated/α-hetero) is 1. The molecule has 1 fully saturated rings. The van der Waals surface area contributed by atoms with Gasteiger partial charge in [0.05, 0.1) is 6.61 Å². The van der Waals surface area contributed by atoms with Gasteiger partial charge in [-0.05, 0) is 25.0 Å². The molecule has 0 spiro atoms. The maximum Gasteiger partial charge on any atom is 0.199 e. The molecule has 2 rings (SSSR count). The molecule has 1 aliphatic rings. The third-order valence-electron chi connectivity index (χ3n) is 2.71. The predicted molar refractivity (Wildman–Crippen MR) is 62.1 cm³/mol. The van der Waals surface area contributed by atoms with Crippen molar-refractivity contribution in [1.82, 2.24) is 0 Å². The lowest BCUT2D eigenvalue weighted by molar-refractivity contribution is -0.105. The van der Waals surface area contributed by atoms with Gasteiger partial charge in [-0.3, -0.25) is 4.79 Å². The number of benzene rings is 1. The number of carbonyl (C=O) groups is 1. The molecule has 1 aliphatic heterocycles. The second-order valence-electron chi connectivity index (χ2n) is 4.02. The Kier molecular flexibility index (Phi) is 4.12. The number of ether oxygens (including phenoxy) is 2. The van der Waals surface area contributed by atoms with Gasteiger partial charge in [-0.25, -0.2) is 0 Å². The van der Waals surface area contributed by atoms with Crippen LogP contribution in [0.5, 0.6) is 5.75 Å². The van der Waals surface area contributed by atoms with E-state index in [1.165, 1.54) is 0 Å². The van der Waals surface area contributed by atoms with E-state index in [1.807, 2.05) is 0 Å². The summed E-state index contributed by atoms with van der Waals surface area (Å²) in [6, 6.07) is 6.82. The van der Waals surface area contributed by atoms with Gasteiger partial charge in [0.15, 0.2) is 12.1 Å². The first-order chi connectivity index (χ1) is 8.29. The first kappa shape index (κ1) is 12.1. The maximum absolute atomic E-state index is 11.3. The Morgan fingerprint density at radius 3 is 3.06 bits per heavy atom. The van der Waals surface area contributed by atoms with Crippen molar-refractivity contribution in [2.45, 2.75) is 25.6 Å². The van der Waals surface area contributed by atoms with Crippen LogP contribution in [0.3, 0.4) is 0 Å². The van der Waals surface area contributed by atoms with E-state index in [2.05, 4.69) is 0 Å². The summed E-state index contributed by atoms with van der Waals surface area (Å²) in [5.74, 6) is 0.302. The van der Waals surface area contributed by atoms with Crippen molar-refractivity contribution < 1.29 is 19.4 Å². The van der Waals surface area contributed by atoms with Gasteiger partial charge in [0.2, 0.25) is 0 Å². The average molecular weight is 236 g/mol. The van der Waals surface area contributed by atoms with E-state index >= 15 is 0 Å². The molecule has 1 atom stereocenters. The monoisotopic (exact) mass is 236 g/mol. The lowest BCUT2D eigenvalue weighted by Gasteiger charge is -2.23. The molecule has 1 unspecified atom stereocenters. The topological polar surface area (TPSA) is 55.8 Å². The molecule has 0 aromatic heterocycles. The third-order valence-corrected chi connectivity index (χ3v) is 2.71. The zero-order valence-electron chi connectivity index (χ0n) is 9.59. The lowest BCUT2D eigenvalue weighted by atomic mass is 10.1. The van der Waals surface area contributed by atoms with Crippen LogP contribution in [0.25, 0.3) is 0 Å². The van der Waals surface area contributed by atoms with Gasteiger partial charge in [0.1, 0.15) is 12.4 Å². The van der Waals surface area contributed by atoms with E-state index in [1.54, 1.807) is 24.3 Å². The number of aliphatic hydroxyl groups is 1. The van der Waals surface area contributed by atoms with E-state index in [9.17, 15) is 4.79 Å². The van der Waals surface area contributed by atoms with E-state index < -0.39 is 6.61 Å². The minimum atomic E-state index is -0.483. The van der Waals surface area contributed by atoms with E-state index in [4.69, 9.17) is 14.6 Å². The van der Waals surface area contributed by atoms with Gasteiger partial charge < -0.3 is 14.6 Å². The number of ketones is 1. The molecule has 92 valence electrons. The van der Waals surface area contributed by atoms with Gasteiger partial charge in [0, 0.05) is 12.0 Å². The first-order valence-electron chi connectivity index (χ1n) is 5.82. The number of hydrogen-bond donors (Lipinski definition) is 1. The summed E-state index contributed by atoms with van der Waals surface area (Å²) in [5.41, 5.74) is 0.459. The highest BCUT2D eigenvalue weighted by Gasteiger charge is 2.15. The summed E-state index contributed by atoms with van der Waals surface area (Å²) >= 11 is 0. The van der Waals surface area contributed by atoms with Crippen LogP contribution in [-0.4, -0.2) is 30.4 Å². The molecule has 17 heavy (non-hydrogen) atoms. The van der Waals surface area contributed by atoms with Crippen LogP contribution in [0, 0.1) is 0 Å². The fourth-order valence-corrected chi connectivity index (χ4v) is 1.79. The van der Waals surface area contributed by atoms with Crippen molar-refractivity contribution in [3.63, 3.8) is 0 Å². The quantitative estimate of drug-likeness (QED) is 0.809. The second kappa shape index (κ2) is 5.80. The molecule has 1 aromatic rings. The van der Waals surface area contributed by atoms with Gasteiger partial charge in [0.25, 0.3) is 0 Å². The average Bonchev–Trinajstić information content (AvgIpc) is 2.39. The smallest absolute Gasteiger partial charge is 0.199 e. The Bertz CT molecular complexity index is 383. The van der Waals surface area contributed by atoms with Crippen molar-refractivity contribution in [2.24, 2.45) is 0 Å². The van der Waals surface area contributed by atoms with E-state index in [-0.39, 0.29) is 12.1 Å². The molecule has 1 saturated heterocycles.